The second kappa shape index (κ2) is 7.76. The molecule has 0 N–H and O–H groups in total. The number of carbonyl (C=O) groups excluding carboxylic acids is 1. The third kappa shape index (κ3) is 4.44. The van der Waals surface area contributed by atoms with E-state index in [9.17, 15) is 4.79 Å². The second-order valence-corrected chi connectivity index (χ2v) is 6.37. The molecule has 0 spiro atoms. The van der Waals surface area contributed by atoms with Crippen molar-refractivity contribution in [2.24, 2.45) is 0 Å². The number of benzene rings is 2. The van der Waals surface area contributed by atoms with E-state index in [1.807, 2.05) is 13.8 Å². The first-order chi connectivity index (χ1) is 12.0. The van der Waals surface area contributed by atoms with Crippen LogP contribution in [0.3, 0.4) is 0 Å². The minimum atomic E-state index is -0.420. The number of hydrogen-bond donors (Lipinski definition) is 0. The van der Waals surface area contributed by atoms with Gasteiger partial charge >= 0.3 is 5.97 Å². The predicted octanol–water partition coefficient (Wildman–Crippen LogP) is 4.35. The van der Waals surface area contributed by atoms with Crippen LogP contribution in [0.4, 0.5) is 0 Å². The summed E-state index contributed by atoms with van der Waals surface area (Å²) in [6.07, 6.45) is 0.0794. The summed E-state index contributed by atoms with van der Waals surface area (Å²) in [7, 11) is 0. The predicted molar refractivity (Wildman–Crippen MR) is 93.1 cm³/mol. The fraction of sp³-hybridized carbons (Fsp3) is 0.316. The Morgan fingerprint density at radius 3 is 2.72 bits per heavy atom. The van der Waals surface area contributed by atoms with E-state index in [0.29, 0.717) is 28.7 Å². The number of rotatable bonds is 5. The lowest BCUT2D eigenvalue weighted by molar-refractivity contribution is -0.0180. The molecule has 2 aromatic rings. The molecule has 6 heteroatoms. The van der Waals surface area contributed by atoms with E-state index in [0.717, 1.165) is 11.1 Å². The van der Waals surface area contributed by atoms with Gasteiger partial charge in [-0.2, -0.15) is 0 Å². The van der Waals surface area contributed by atoms with Gasteiger partial charge in [0.2, 0.25) is 0 Å². The molecular weight excluding hydrogens is 344 g/mol. The molecule has 1 heterocycles. The molecule has 3 rings (SSSR count). The molecule has 1 aliphatic heterocycles. The Morgan fingerprint density at radius 1 is 1.24 bits per heavy atom. The number of hydrogen-bond acceptors (Lipinski definition) is 5. The van der Waals surface area contributed by atoms with Gasteiger partial charge in [-0.15, -0.1) is 0 Å². The second-order valence-electron chi connectivity index (χ2n) is 5.93. The van der Waals surface area contributed by atoms with E-state index in [-0.39, 0.29) is 19.5 Å². The summed E-state index contributed by atoms with van der Waals surface area (Å²) in [4.78, 5) is 12.2. The van der Waals surface area contributed by atoms with Crippen LogP contribution in [0, 0.1) is 0 Å². The summed E-state index contributed by atoms with van der Waals surface area (Å²) in [5, 5.41) is 0.550. The number of fused-ring (bicyclic) bond motifs is 1. The first kappa shape index (κ1) is 17.6. The Labute approximate surface area is 151 Å². The van der Waals surface area contributed by atoms with Crippen molar-refractivity contribution in [1.29, 1.82) is 0 Å². The van der Waals surface area contributed by atoms with Crippen molar-refractivity contribution < 1.29 is 23.7 Å². The van der Waals surface area contributed by atoms with Gasteiger partial charge in [0.1, 0.15) is 18.1 Å². The van der Waals surface area contributed by atoms with E-state index >= 15 is 0 Å². The van der Waals surface area contributed by atoms with E-state index in [1.54, 1.807) is 36.4 Å². The fourth-order valence-corrected chi connectivity index (χ4v) is 2.80. The van der Waals surface area contributed by atoms with Crippen LogP contribution in [0.5, 0.6) is 11.5 Å². The van der Waals surface area contributed by atoms with Gasteiger partial charge < -0.3 is 18.9 Å². The zero-order valence-electron chi connectivity index (χ0n) is 14.1. The normalized spacial score (nSPS) is 13.1. The van der Waals surface area contributed by atoms with Gasteiger partial charge in [0.15, 0.2) is 6.79 Å². The molecule has 0 atom stereocenters. The maximum Gasteiger partial charge on any atom is 0.338 e. The molecule has 0 bridgehead atoms. The number of halogens is 1. The van der Waals surface area contributed by atoms with Gasteiger partial charge in [0.05, 0.1) is 18.3 Å². The van der Waals surface area contributed by atoms with Gasteiger partial charge in [-0.05, 0) is 50.2 Å². The van der Waals surface area contributed by atoms with Crippen molar-refractivity contribution in [3.8, 4) is 11.5 Å². The molecule has 0 aliphatic carbocycles. The van der Waals surface area contributed by atoms with Crippen LogP contribution in [0.25, 0.3) is 0 Å². The van der Waals surface area contributed by atoms with Crippen LogP contribution in [0.1, 0.15) is 35.3 Å². The van der Waals surface area contributed by atoms with Crippen molar-refractivity contribution in [2.75, 3.05) is 6.79 Å². The van der Waals surface area contributed by atoms with E-state index < -0.39 is 5.97 Å². The van der Waals surface area contributed by atoms with Crippen molar-refractivity contribution in [1.82, 2.24) is 0 Å². The Hall–Kier alpha value is -2.24. The molecule has 1 aliphatic rings. The van der Waals surface area contributed by atoms with Crippen LogP contribution in [-0.2, 0) is 22.7 Å². The number of esters is 1. The lowest BCUT2D eigenvalue weighted by Gasteiger charge is -2.21. The maximum absolute atomic E-state index is 12.2. The van der Waals surface area contributed by atoms with Gasteiger partial charge in [0, 0.05) is 16.1 Å². The average Bonchev–Trinajstić information content (AvgIpc) is 2.59. The summed E-state index contributed by atoms with van der Waals surface area (Å²) in [5.74, 6) is 0.963. The van der Waals surface area contributed by atoms with Crippen molar-refractivity contribution in [2.45, 2.75) is 33.2 Å². The Morgan fingerprint density at radius 2 is 2.00 bits per heavy atom. The highest BCUT2D eigenvalue weighted by Crippen LogP contribution is 2.32. The van der Waals surface area contributed by atoms with Crippen molar-refractivity contribution in [3.63, 3.8) is 0 Å². The quantitative estimate of drug-likeness (QED) is 0.740. The molecule has 0 fully saturated rings. The first-order valence-electron chi connectivity index (χ1n) is 7.98. The van der Waals surface area contributed by atoms with Gasteiger partial charge in [-0.1, -0.05) is 11.6 Å². The summed E-state index contributed by atoms with van der Waals surface area (Å²) < 4.78 is 21.7. The summed E-state index contributed by atoms with van der Waals surface area (Å²) in [6, 6.07) is 10.4. The molecule has 0 saturated carbocycles. The third-order valence-corrected chi connectivity index (χ3v) is 3.79. The fourth-order valence-electron chi connectivity index (χ4n) is 2.53. The van der Waals surface area contributed by atoms with Crippen molar-refractivity contribution >= 4 is 17.6 Å². The Kier molecular flexibility index (Phi) is 5.46. The summed E-state index contributed by atoms with van der Waals surface area (Å²) >= 11 is 6.11. The number of carbonyl (C=O) groups is 1. The van der Waals surface area contributed by atoms with Gasteiger partial charge in [-0.25, -0.2) is 4.79 Å². The third-order valence-electron chi connectivity index (χ3n) is 3.57. The first-order valence-corrected chi connectivity index (χ1v) is 8.36. The van der Waals surface area contributed by atoms with Crippen LogP contribution < -0.4 is 9.47 Å². The summed E-state index contributed by atoms with van der Waals surface area (Å²) in [6.45, 7) is 4.56. The maximum atomic E-state index is 12.2. The molecule has 0 amide bonds. The molecule has 0 saturated heterocycles. The van der Waals surface area contributed by atoms with Crippen LogP contribution in [0.15, 0.2) is 36.4 Å². The topological polar surface area (TPSA) is 54.0 Å². The van der Waals surface area contributed by atoms with E-state index in [2.05, 4.69) is 0 Å². The zero-order valence-corrected chi connectivity index (χ0v) is 14.8. The summed E-state index contributed by atoms with van der Waals surface area (Å²) in [5.41, 5.74) is 2.02. The molecule has 132 valence electrons. The highest BCUT2D eigenvalue weighted by atomic mass is 35.5. The zero-order chi connectivity index (χ0) is 17.8. The lowest BCUT2D eigenvalue weighted by atomic mass is 10.1. The minimum Gasteiger partial charge on any atom is -0.491 e. The Balaban J connectivity index is 1.67. The minimum absolute atomic E-state index is 0.0754. The smallest absolute Gasteiger partial charge is 0.338 e. The van der Waals surface area contributed by atoms with Gasteiger partial charge in [-0.3, -0.25) is 0 Å². The largest absolute Gasteiger partial charge is 0.491 e. The molecule has 2 aromatic carbocycles. The average molecular weight is 363 g/mol. The molecule has 0 aromatic heterocycles. The van der Waals surface area contributed by atoms with E-state index in [1.165, 1.54) is 0 Å². The van der Waals surface area contributed by atoms with Crippen LogP contribution >= 0.6 is 11.6 Å². The number of ether oxygens (including phenoxy) is 4. The van der Waals surface area contributed by atoms with Crippen molar-refractivity contribution in [3.05, 3.63) is 58.1 Å². The van der Waals surface area contributed by atoms with Crippen LogP contribution in [0.2, 0.25) is 5.02 Å². The molecule has 0 radical (unpaired) electrons. The molecular formula is C19H19ClO5. The van der Waals surface area contributed by atoms with Crippen LogP contribution in [-0.4, -0.2) is 18.9 Å². The molecule has 25 heavy (non-hydrogen) atoms. The highest BCUT2D eigenvalue weighted by molar-refractivity contribution is 6.30. The molecule has 5 nitrogen and oxygen atoms in total. The SMILES string of the molecule is CC(C)Oc1ccc(C(=O)OCc2cc(Cl)cc3c2OCOC3)cc1. The monoisotopic (exact) mass is 362 g/mol. The Bertz CT molecular complexity index is 755. The van der Waals surface area contributed by atoms with E-state index in [4.69, 9.17) is 30.5 Å². The van der Waals surface area contributed by atoms with Gasteiger partial charge in [0.25, 0.3) is 0 Å². The lowest BCUT2D eigenvalue weighted by Crippen LogP contribution is -2.14. The molecule has 0 unspecified atom stereocenters. The highest BCUT2D eigenvalue weighted by Gasteiger charge is 2.18. The standard InChI is InChI=1S/C19H19ClO5/c1-12(2)25-17-5-3-13(4-6-17)19(21)23-10-15-8-16(20)7-14-9-22-11-24-18(14)15/h3-8,12H,9-11H2,1-2H3.